The summed E-state index contributed by atoms with van der Waals surface area (Å²) in [5.41, 5.74) is 0. The van der Waals surface area contributed by atoms with E-state index in [1.165, 1.54) is 47.0 Å². The van der Waals surface area contributed by atoms with Gasteiger partial charge >= 0.3 is 0 Å². The Hall–Kier alpha value is -2.62. The first kappa shape index (κ1) is 22.1. The predicted octanol–water partition coefficient (Wildman–Crippen LogP) is 1.99. The minimum atomic E-state index is -3.62. The van der Waals surface area contributed by atoms with Crippen LogP contribution in [0.25, 0.3) is 6.08 Å². The molecule has 10 heteroatoms. The molecule has 1 aliphatic heterocycles. The minimum absolute atomic E-state index is 0.131. The third-order valence-electron chi connectivity index (χ3n) is 4.62. The maximum absolute atomic E-state index is 12.7. The molecule has 0 radical (unpaired) electrons. The molecule has 8 nitrogen and oxygen atoms in total. The van der Waals surface area contributed by atoms with Crippen LogP contribution in [-0.4, -0.2) is 62.2 Å². The number of carbonyl (C=O) groups is 2. The minimum Gasteiger partial charge on any atom is -0.465 e. The van der Waals surface area contributed by atoms with E-state index in [0.717, 1.165) is 0 Å². The molecule has 160 valence electrons. The van der Waals surface area contributed by atoms with Crippen LogP contribution in [0.4, 0.5) is 0 Å². The molecular weight excluding hydrogens is 430 g/mol. The summed E-state index contributed by atoms with van der Waals surface area (Å²) in [6, 6.07) is 9.45. The quantitative estimate of drug-likeness (QED) is 0.649. The van der Waals surface area contributed by atoms with Crippen LogP contribution in [0, 0.1) is 0 Å². The van der Waals surface area contributed by atoms with Gasteiger partial charge in [-0.2, -0.15) is 4.31 Å². The lowest BCUT2D eigenvalue weighted by molar-refractivity contribution is -0.132. The summed E-state index contributed by atoms with van der Waals surface area (Å²) in [5.74, 6) is 0.111. The molecule has 0 bridgehead atoms. The lowest BCUT2D eigenvalue weighted by atomic mass is 10.3. The summed E-state index contributed by atoms with van der Waals surface area (Å²) in [5, 5.41) is 3.11. The molecule has 3 rings (SSSR count). The zero-order valence-corrected chi connectivity index (χ0v) is 17.7. The molecular formula is C20H22ClN3O5S. The number of hydrogen-bond acceptors (Lipinski definition) is 5. The van der Waals surface area contributed by atoms with Gasteiger partial charge in [0.2, 0.25) is 21.8 Å². The highest BCUT2D eigenvalue weighted by atomic mass is 35.5. The lowest BCUT2D eigenvalue weighted by Gasteiger charge is -2.34. The van der Waals surface area contributed by atoms with Gasteiger partial charge in [-0.25, -0.2) is 8.42 Å². The number of benzene rings is 1. The number of nitrogens with zero attached hydrogens (tertiary/aromatic N) is 2. The second-order valence-electron chi connectivity index (χ2n) is 6.63. The van der Waals surface area contributed by atoms with Gasteiger partial charge in [-0.05, 0) is 42.5 Å². The van der Waals surface area contributed by atoms with E-state index in [-0.39, 0.29) is 42.8 Å². The third kappa shape index (κ3) is 5.71. The highest BCUT2D eigenvalue weighted by molar-refractivity contribution is 7.89. The average molecular weight is 452 g/mol. The van der Waals surface area contributed by atoms with E-state index in [1.54, 1.807) is 17.0 Å². The van der Waals surface area contributed by atoms with Crippen LogP contribution in [0.3, 0.4) is 0 Å². The predicted molar refractivity (Wildman–Crippen MR) is 112 cm³/mol. The van der Waals surface area contributed by atoms with Crippen molar-refractivity contribution >= 4 is 39.5 Å². The number of rotatable bonds is 7. The van der Waals surface area contributed by atoms with Gasteiger partial charge < -0.3 is 14.6 Å². The van der Waals surface area contributed by atoms with Crippen molar-refractivity contribution in [1.82, 2.24) is 14.5 Å². The fourth-order valence-electron chi connectivity index (χ4n) is 2.99. The number of piperazine rings is 1. The second kappa shape index (κ2) is 9.92. The molecule has 1 aliphatic rings. The molecule has 1 fully saturated rings. The standard InChI is InChI=1S/C20H22ClN3O5S/c21-16-3-6-18(7-4-16)30(27,28)24-13-11-23(12-14-24)20(26)9-10-22-19(25)8-5-17-2-1-15-29-17/h1-8,15H,9-14H2,(H,22,25)/b8-5+. The number of halogens is 1. The first-order chi connectivity index (χ1) is 14.4. The van der Waals surface area contributed by atoms with Crippen LogP contribution in [-0.2, 0) is 19.6 Å². The number of furan rings is 1. The van der Waals surface area contributed by atoms with Crippen molar-refractivity contribution in [2.24, 2.45) is 0 Å². The molecule has 0 aliphatic carbocycles. The summed E-state index contributed by atoms with van der Waals surface area (Å²) in [6.07, 6.45) is 4.53. The maximum Gasteiger partial charge on any atom is 0.244 e. The van der Waals surface area contributed by atoms with Crippen LogP contribution >= 0.6 is 11.6 Å². The molecule has 0 atom stereocenters. The Morgan fingerprint density at radius 1 is 1.10 bits per heavy atom. The first-order valence-electron chi connectivity index (χ1n) is 9.39. The SMILES string of the molecule is O=C(/C=C/c1ccco1)NCCC(=O)N1CCN(S(=O)(=O)c2ccc(Cl)cc2)CC1. The van der Waals surface area contributed by atoms with E-state index in [4.69, 9.17) is 16.0 Å². The van der Waals surface area contributed by atoms with Crippen LogP contribution in [0.2, 0.25) is 5.02 Å². The van der Waals surface area contributed by atoms with Crippen LogP contribution in [0.1, 0.15) is 12.2 Å². The van der Waals surface area contributed by atoms with Crippen molar-refractivity contribution < 1.29 is 22.4 Å². The van der Waals surface area contributed by atoms with Crippen molar-refractivity contribution in [3.8, 4) is 0 Å². The number of sulfonamides is 1. The third-order valence-corrected chi connectivity index (χ3v) is 6.79. The Kier molecular flexibility index (Phi) is 7.30. The molecule has 30 heavy (non-hydrogen) atoms. The molecule has 0 saturated carbocycles. The van der Waals surface area contributed by atoms with E-state index in [1.807, 2.05) is 0 Å². The first-order valence-corrected chi connectivity index (χ1v) is 11.2. The van der Waals surface area contributed by atoms with Gasteiger partial charge in [0.25, 0.3) is 0 Å². The molecule has 2 amide bonds. The van der Waals surface area contributed by atoms with E-state index in [2.05, 4.69) is 5.32 Å². The van der Waals surface area contributed by atoms with E-state index in [9.17, 15) is 18.0 Å². The van der Waals surface area contributed by atoms with E-state index < -0.39 is 10.0 Å². The van der Waals surface area contributed by atoms with Gasteiger partial charge in [-0.1, -0.05) is 11.6 Å². The summed E-state index contributed by atoms with van der Waals surface area (Å²) in [6.45, 7) is 1.24. The highest BCUT2D eigenvalue weighted by Gasteiger charge is 2.29. The molecule has 0 unspecified atom stereocenters. The zero-order chi connectivity index (χ0) is 21.6. The fourth-order valence-corrected chi connectivity index (χ4v) is 4.54. The van der Waals surface area contributed by atoms with Gasteiger partial charge in [0.15, 0.2) is 0 Å². The Morgan fingerprint density at radius 3 is 2.43 bits per heavy atom. The Balaban J connectivity index is 1.42. The number of carbonyl (C=O) groups excluding carboxylic acids is 2. The molecule has 1 saturated heterocycles. The van der Waals surface area contributed by atoms with Gasteiger partial charge in [0.05, 0.1) is 11.2 Å². The molecule has 1 aromatic heterocycles. The largest absolute Gasteiger partial charge is 0.465 e. The number of amides is 2. The smallest absolute Gasteiger partial charge is 0.244 e. The summed E-state index contributed by atoms with van der Waals surface area (Å²) < 4.78 is 31.8. The van der Waals surface area contributed by atoms with Crippen molar-refractivity contribution in [1.29, 1.82) is 0 Å². The van der Waals surface area contributed by atoms with Crippen molar-refractivity contribution in [2.45, 2.75) is 11.3 Å². The molecule has 1 aromatic carbocycles. The zero-order valence-electron chi connectivity index (χ0n) is 16.2. The fraction of sp³-hybridized carbons (Fsp3) is 0.300. The summed E-state index contributed by atoms with van der Waals surface area (Å²) >= 11 is 5.82. The summed E-state index contributed by atoms with van der Waals surface area (Å²) in [4.78, 5) is 25.9. The molecule has 2 heterocycles. The van der Waals surface area contributed by atoms with E-state index in [0.29, 0.717) is 23.9 Å². The number of nitrogens with one attached hydrogen (secondary N) is 1. The van der Waals surface area contributed by atoms with Crippen molar-refractivity contribution in [2.75, 3.05) is 32.7 Å². The average Bonchev–Trinajstić information content (AvgIpc) is 3.26. The normalized spacial score (nSPS) is 15.4. The van der Waals surface area contributed by atoms with E-state index >= 15 is 0 Å². The topological polar surface area (TPSA) is 99.9 Å². The Labute approximate surface area is 180 Å². The maximum atomic E-state index is 12.7. The van der Waals surface area contributed by atoms with Gasteiger partial charge in [0, 0.05) is 50.2 Å². The van der Waals surface area contributed by atoms with Crippen molar-refractivity contribution in [3.05, 3.63) is 59.5 Å². The van der Waals surface area contributed by atoms with Crippen molar-refractivity contribution in [3.63, 3.8) is 0 Å². The molecule has 0 spiro atoms. The van der Waals surface area contributed by atoms with Crippen LogP contribution in [0.5, 0.6) is 0 Å². The van der Waals surface area contributed by atoms with Crippen LogP contribution in [0.15, 0.2) is 58.1 Å². The lowest BCUT2D eigenvalue weighted by Crippen LogP contribution is -2.50. The van der Waals surface area contributed by atoms with Gasteiger partial charge in [-0.15, -0.1) is 0 Å². The van der Waals surface area contributed by atoms with Gasteiger partial charge in [-0.3, -0.25) is 9.59 Å². The van der Waals surface area contributed by atoms with Gasteiger partial charge in [0.1, 0.15) is 5.76 Å². The summed E-state index contributed by atoms with van der Waals surface area (Å²) in [7, 11) is -3.62. The Bertz CT molecular complexity index is 996. The second-order valence-corrected chi connectivity index (χ2v) is 9.00. The molecule has 2 aromatic rings. The Morgan fingerprint density at radius 2 is 1.80 bits per heavy atom. The molecule has 1 N–H and O–H groups in total. The van der Waals surface area contributed by atoms with Crippen LogP contribution < -0.4 is 5.32 Å². The monoisotopic (exact) mass is 451 g/mol. The number of hydrogen-bond donors (Lipinski definition) is 1. The highest BCUT2D eigenvalue weighted by Crippen LogP contribution is 2.20.